The minimum Gasteiger partial charge on any atom is -0.486 e. The fraction of sp³-hybridized carbons (Fsp3) is 0.364. The van der Waals surface area contributed by atoms with Gasteiger partial charge in [0.05, 0.1) is 11.0 Å². The normalized spacial score (nSPS) is 17.3. The van der Waals surface area contributed by atoms with E-state index in [-0.39, 0.29) is 17.4 Å². The van der Waals surface area contributed by atoms with Gasteiger partial charge >= 0.3 is 0 Å². The number of benzene rings is 1. The molecule has 1 aliphatic heterocycles. The largest absolute Gasteiger partial charge is 0.486 e. The Bertz CT molecular complexity index is 507. The minimum atomic E-state index is -0.599. The van der Waals surface area contributed by atoms with Crippen molar-refractivity contribution in [3.63, 3.8) is 0 Å². The van der Waals surface area contributed by atoms with E-state index in [1.54, 1.807) is 6.07 Å². The minimum absolute atomic E-state index is 0.0210. The molecule has 0 amide bonds. The van der Waals surface area contributed by atoms with Crippen LogP contribution in [0.4, 0.5) is 5.69 Å². The third-order valence-electron chi connectivity index (χ3n) is 2.55. The number of hydrogen-bond donors (Lipinski definition) is 0. The standard InChI is InChI=1S/C11H10N2O4/c1-2-8-6-16-10-3-7(5-12)9(13(14)15)4-11(10)17-8/h3-4,8H,2,6H2,1H3. The summed E-state index contributed by atoms with van der Waals surface area (Å²) in [4.78, 5) is 10.2. The van der Waals surface area contributed by atoms with Gasteiger partial charge in [-0.1, -0.05) is 6.92 Å². The maximum absolute atomic E-state index is 10.8. The molecule has 88 valence electrons. The number of ether oxygens (including phenoxy) is 2. The first kappa shape index (κ1) is 11.2. The van der Waals surface area contributed by atoms with Crippen molar-refractivity contribution in [2.75, 3.05) is 6.61 Å². The fourth-order valence-corrected chi connectivity index (χ4v) is 1.59. The van der Waals surface area contributed by atoms with Gasteiger partial charge in [-0.3, -0.25) is 10.1 Å². The maximum Gasteiger partial charge on any atom is 0.291 e. The van der Waals surface area contributed by atoms with E-state index in [0.29, 0.717) is 18.1 Å². The van der Waals surface area contributed by atoms with Gasteiger partial charge in [0, 0.05) is 6.07 Å². The van der Waals surface area contributed by atoms with E-state index in [9.17, 15) is 10.1 Å². The van der Waals surface area contributed by atoms with E-state index in [4.69, 9.17) is 14.7 Å². The number of nitriles is 1. The van der Waals surface area contributed by atoms with E-state index < -0.39 is 4.92 Å². The lowest BCUT2D eigenvalue weighted by Gasteiger charge is -2.25. The lowest BCUT2D eigenvalue weighted by Crippen LogP contribution is -2.28. The van der Waals surface area contributed by atoms with Crippen LogP contribution in [0.15, 0.2) is 12.1 Å². The van der Waals surface area contributed by atoms with Crippen molar-refractivity contribution in [1.29, 1.82) is 5.26 Å². The molecule has 1 aromatic carbocycles. The van der Waals surface area contributed by atoms with Crippen molar-refractivity contribution in [2.24, 2.45) is 0 Å². The summed E-state index contributed by atoms with van der Waals surface area (Å²) in [5.41, 5.74) is -0.279. The van der Waals surface area contributed by atoms with Gasteiger partial charge in [-0.05, 0) is 6.42 Å². The maximum atomic E-state index is 10.8. The quantitative estimate of drug-likeness (QED) is 0.577. The highest BCUT2D eigenvalue weighted by Crippen LogP contribution is 2.37. The Morgan fingerprint density at radius 1 is 1.59 bits per heavy atom. The summed E-state index contributed by atoms with van der Waals surface area (Å²) < 4.78 is 10.9. The van der Waals surface area contributed by atoms with Gasteiger partial charge in [-0.25, -0.2) is 0 Å². The van der Waals surface area contributed by atoms with Crippen LogP contribution in [0.1, 0.15) is 18.9 Å². The molecule has 0 spiro atoms. The molecule has 1 aromatic rings. The SMILES string of the molecule is CCC1COc2cc(C#N)c([N+](=O)[O-])cc2O1. The number of nitro groups is 1. The van der Waals surface area contributed by atoms with Gasteiger partial charge in [0.1, 0.15) is 24.3 Å². The second-order valence-electron chi connectivity index (χ2n) is 3.64. The van der Waals surface area contributed by atoms with Crippen molar-refractivity contribution in [3.05, 3.63) is 27.8 Å². The van der Waals surface area contributed by atoms with Crippen LogP contribution in [0, 0.1) is 21.4 Å². The van der Waals surface area contributed by atoms with E-state index in [1.165, 1.54) is 12.1 Å². The van der Waals surface area contributed by atoms with Gasteiger partial charge < -0.3 is 9.47 Å². The molecule has 1 unspecified atom stereocenters. The molecule has 2 rings (SSSR count). The Hall–Kier alpha value is -2.29. The molecule has 0 bridgehead atoms. The highest BCUT2D eigenvalue weighted by atomic mass is 16.6. The van der Waals surface area contributed by atoms with Crippen LogP contribution >= 0.6 is 0 Å². The Balaban J connectivity index is 2.46. The van der Waals surface area contributed by atoms with Crippen molar-refractivity contribution in [2.45, 2.75) is 19.4 Å². The summed E-state index contributed by atoms with van der Waals surface area (Å²) in [5, 5.41) is 19.6. The second kappa shape index (κ2) is 4.29. The lowest BCUT2D eigenvalue weighted by atomic mass is 10.1. The Morgan fingerprint density at radius 2 is 2.35 bits per heavy atom. The zero-order chi connectivity index (χ0) is 12.4. The van der Waals surface area contributed by atoms with E-state index in [1.807, 2.05) is 6.92 Å². The number of nitro benzene ring substituents is 1. The van der Waals surface area contributed by atoms with Crippen molar-refractivity contribution in [3.8, 4) is 17.6 Å². The molecule has 1 aliphatic rings. The monoisotopic (exact) mass is 234 g/mol. The Morgan fingerprint density at radius 3 is 2.94 bits per heavy atom. The van der Waals surface area contributed by atoms with Gasteiger partial charge in [-0.15, -0.1) is 0 Å². The topological polar surface area (TPSA) is 85.4 Å². The number of nitrogens with zero attached hydrogens (tertiary/aromatic N) is 2. The molecular weight excluding hydrogens is 224 g/mol. The molecule has 1 atom stereocenters. The molecule has 0 fully saturated rings. The summed E-state index contributed by atoms with van der Waals surface area (Å²) in [6.45, 7) is 2.34. The molecule has 17 heavy (non-hydrogen) atoms. The van der Waals surface area contributed by atoms with Gasteiger partial charge in [0.25, 0.3) is 5.69 Å². The average Bonchev–Trinajstić information content (AvgIpc) is 2.36. The molecule has 6 nitrogen and oxygen atoms in total. The first-order valence-corrected chi connectivity index (χ1v) is 5.17. The van der Waals surface area contributed by atoms with Crippen LogP contribution in [0.3, 0.4) is 0 Å². The van der Waals surface area contributed by atoms with E-state index >= 15 is 0 Å². The number of rotatable bonds is 2. The van der Waals surface area contributed by atoms with E-state index in [0.717, 1.165) is 6.42 Å². The highest BCUT2D eigenvalue weighted by Gasteiger charge is 2.25. The van der Waals surface area contributed by atoms with Crippen LogP contribution in [0.2, 0.25) is 0 Å². The highest BCUT2D eigenvalue weighted by molar-refractivity contribution is 5.59. The van der Waals surface area contributed by atoms with Gasteiger partial charge in [0.15, 0.2) is 11.5 Å². The number of fused-ring (bicyclic) bond motifs is 1. The first-order valence-electron chi connectivity index (χ1n) is 5.17. The van der Waals surface area contributed by atoms with Crippen LogP contribution in [0.25, 0.3) is 0 Å². The summed E-state index contributed by atoms with van der Waals surface area (Å²) in [6, 6.07) is 4.37. The third kappa shape index (κ3) is 1.99. The Kier molecular flexibility index (Phi) is 2.83. The Labute approximate surface area is 97.5 Å². The predicted octanol–water partition coefficient (Wildman–Crippen LogP) is 2.02. The third-order valence-corrected chi connectivity index (χ3v) is 2.55. The second-order valence-corrected chi connectivity index (χ2v) is 3.64. The summed E-state index contributed by atoms with van der Waals surface area (Å²) in [7, 11) is 0. The zero-order valence-corrected chi connectivity index (χ0v) is 9.17. The van der Waals surface area contributed by atoms with Gasteiger partial charge in [0.2, 0.25) is 0 Å². The first-order chi connectivity index (χ1) is 8.15. The summed E-state index contributed by atoms with van der Waals surface area (Å²) in [6.07, 6.45) is 0.655. The van der Waals surface area contributed by atoms with Gasteiger partial charge in [-0.2, -0.15) is 5.26 Å². The molecule has 0 aromatic heterocycles. The molecule has 0 saturated carbocycles. The summed E-state index contributed by atoms with van der Waals surface area (Å²) >= 11 is 0. The molecule has 0 aliphatic carbocycles. The van der Waals surface area contributed by atoms with Crippen molar-refractivity contribution in [1.82, 2.24) is 0 Å². The molecule has 6 heteroatoms. The van der Waals surface area contributed by atoms with Crippen LogP contribution in [-0.2, 0) is 0 Å². The van der Waals surface area contributed by atoms with Crippen molar-refractivity contribution < 1.29 is 14.4 Å². The fourth-order valence-electron chi connectivity index (χ4n) is 1.59. The molecule has 0 saturated heterocycles. The van der Waals surface area contributed by atoms with E-state index in [2.05, 4.69) is 0 Å². The van der Waals surface area contributed by atoms with Crippen LogP contribution in [-0.4, -0.2) is 17.6 Å². The molecular formula is C11H10N2O4. The van der Waals surface area contributed by atoms with Crippen molar-refractivity contribution >= 4 is 5.69 Å². The lowest BCUT2D eigenvalue weighted by molar-refractivity contribution is -0.385. The number of hydrogen-bond acceptors (Lipinski definition) is 5. The molecule has 1 heterocycles. The van der Waals surface area contributed by atoms with Crippen LogP contribution in [0.5, 0.6) is 11.5 Å². The average molecular weight is 234 g/mol. The van der Waals surface area contributed by atoms with Crippen LogP contribution < -0.4 is 9.47 Å². The smallest absolute Gasteiger partial charge is 0.291 e. The molecule has 0 N–H and O–H groups in total. The summed E-state index contributed by atoms with van der Waals surface area (Å²) in [5.74, 6) is 0.714. The molecule has 0 radical (unpaired) electrons. The zero-order valence-electron chi connectivity index (χ0n) is 9.17. The predicted molar refractivity (Wildman–Crippen MR) is 58.0 cm³/mol.